The number of rotatable bonds is 9. The quantitative estimate of drug-likeness (QED) is 0.225. The lowest BCUT2D eigenvalue weighted by Gasteiger charge is -2.36. The number of aromatic nitrogens is 2. The van der Waals surface area contributed by atoms with E-state index in [4.69, 9.17) is 37.4 Å². The summed E-state index contributed by atoms with van der Waals surface area (Å²) in [5.74, 6) is -1.04. The van der Waals surface area contributed by atoms with Gasteiger partial charge in [0, 0.05) is 12.0 Å². The van der Waals surface area contributed by atoms with Gasteiger partial charge in [-0.2, -0.15) is 0 Å². The number of nitrogens with zero attached hydrogens (tertiary/aromatic N) is 3. The van der Waals surface area contributed by atoms with E-state index >= 15 is 0 Å². The summed E-state index contributed by atoms with van der Waals surface area (Å²) in [5.41, 5.74) is 3.35. The maximum Gasteiger partial charge on any atom is 0.408 e. The van der Waals surface area contributed by atoms with Crippen LogP contribution in [0.15, 0.2) is 85.2 Å². The number of carbonyl (C=O) groups excluding carboxylic acids is 3. The van der Waals surface area contributed by atoms with E-state index in [-0.39, 0.29) is 42.1 Å². The molecule has 2 aliphatic rings. The van der Waals surface area contributed by atoms with Crippen LogP contribution in [0.4, 0.5) is 10.5 Å². The fourth-order valence-electron chi connectivity index (χ4n) is 5.46. The van der Waals surface area contributed by atoms with Crippen molar-refractivity contribution < 1.29 is 33.7 Å². The molecule has 4 atom stereocenters. The molecule has 3 heterocycles. The predicted molar refractivity (Wildman–Crippen MR) is 168 cm³/mol. The molecule has 0 bridgehead atoms. The molecule has 11 nitrogen and oxygen atoms in total. The zero-order valence-electron chi connectivity index (χ0n) is 24.4. The molecular formula is C33H30Cl2N4O7. The fraction of sp³-hybridized carbons (Fsp3) is 0.273. The average molecular weight is 666 g/mol. The normalized spacial score (nSPS) is 21.4. The van der Waals surface area contributed by atoms with E-state index < -0.39 is 30.2 Å². The van der Waals surface area contributed by atoms with Crippen molar-refractivity contribution >= 4 is 46.8 Å². The molecule has 3 aromatic carbocycles. The summed E-state index contributed by atoms with van der Waals surface area (Å²) >= 11 is 12.4. The van der Waals surface area contributed by atoms with E-state index in [1.165, 1.54) is 6.33 Å². The van der Waals surface area contributed by atoms with Gasteiger partial charge >= 0.3 is 6.09 Å². The lowest BCUT2D eigenvalue weighted by atomic mass is 10.00. The number of benzene rings is 3. The van der Waals surface area contributed by atoms with Gasteiger partial charge in [-0.15, -0.1) is 0 Å². The average Bonchev–Trinajstić information content (AvgIpc) is 3.55. The Kier molecular flexibility index (Phi) is 9.67. The minimum absolute atomic E-state index is 0.0301. The molecule has 13 heteroatoms. The summed E-state index contributed by atoms with van der Waals surface area (Å²) in [4.78, 5) is 43.9. The molecule has 1 aromatic heterocycles. The largest absolute Gasteiger partial charge is 0.445 e. The number of aliphatic hydroxyl groups is 1. The first-order chi connectivity index (χ1) is 22.3. The lowest BCUT2D eigenvalue weighted by Crippen LogP contribution is -2.42. The van der Waals surface area contributed by atoms with Gasteiger partial charge in [-0.3, -0.25) is 9.59 Å². The Morgan fingerprint density at radius 1 is 0.978 bits per heavy atom. The molecule has 6 rings (SSSR count). The van der Waals surface area contributed by atoms with Gasteiger partial charge in [0.05, 0.1) is 43.8 Å². The molecular weight excluding hydrogens is 635 g/mol. The minimum atomic E-state index is -1.07. The standard InChI is InChI=1S/C33H30Cl2N4O7/c34-29-30(35)38(19-36-29)16-25-14-27(22-11-9-20(17-40)10-12-22)46-32(45-25)23-7-4-8-24(13-23)39-28(41)15-26(31(39)42)37-33(43)44-18-21-5-2-1-3-6-21/h1-13,19,25-27,32,40H,14-18H2,(H,37,43). The van der Waals surface area contributed by atoms with Crippen molar-refractivity contribution in [2.45, 2.75) is 57.1 Å². The number of hydrogen-bond acceptors (Lipinski definition) is 8. The maximum absolute atomic E-state index is 13.3. The molecule has 2 N–H and O–H groups in total. The van der Waals surface area contributed by atoms with E-state index in [1.54, 1.807) is 28.8 Å². The van der Waals surface area contributed by atoms with Crippen molar-refractivity contribution in [3.8, 4) is 0 Å². The van der Waals surface area contributed by atoms with E-state index in [2.05, 4.69) is 10.3 Å². The van der Waals surface area contributed by atoms with Crippen LogP contribution >= 0.6 is 23.2 Å². The molecule has 0 saturated carbocycles. The van der Waals surface area contributed by atoms with Crippen molar-refractivity contribution in [2.75, 3.05) is 4.90 Å². The summed E-state index contributed by atoms with van der Waals surface area (Å²) in [5, 5.41) is 12.5. The Hall–Kier alpha value is -4.26. The van der Waals surface area contributed by atoms with Gasteiger partial charge in [0.1, 0.15) is 17.8 Å². The highest BCUT2D eigenvalue weighted by molar-refractivity contribution is 6.40. The second-order valence-corrected chi connectivity index (χ2v) is 11.7. The SMILES string of the molecule is O=C(NC1CC(=O)N(c2cccc(C3OC(Cn4cnc(Cl)c4Cl)CC(c4ccc(CO)cc4)O3)c2)C1=O)OCc1ccccc1. The Morgan fingerprint density at radius 2 is 1.76 bits per heavy atom. The highest BCUT2D eigenvalue weighted by Crippen LogP contribution is 2.40. The number of anilines is 1. The summed E-state index contributed by atoms with van der Waals surface area (Å²) < 4.78 is 19.7. The van der Waals surface area contributed by atoms with Crippen LogP contribution in [0.25, 0.3) is 0 Å². The highest BCUT2D eigenvalue weighted by Gasteiger charge is 2.41. The molecule has 2 saturated heterocycles. The molecule has 238 valence electrons. The Labute approximate surface area is 274 Å². The zero-order valence-corrected chi connectivity index (χ0v) is 25.9. The first kappa shape index (κ1) is 31.7. The molecule has 4 unspecified atom stereocenters. The summed E-state index contributed by atoms with van der Waals surface area (Å²) in [6.45, 7) is 0.300. The Bertz CT molecular complexity index is 1720. The van der Waals surface area contributed by atoms with Gasteiger partial charge in [-0.25, -0.2) is 14.7 Å². The van der Waals surface area contributed by atoms with Crippen molar-refractivity contribution in [3.05, 3.63) is 118 Å². The number of hydrogen-bond donors (Lipinski definition) is 2. The third-order valence-electron chi connectivity index (χ3n) is 7.80. The number of amides is 3. The van der Waals surface area contributed by atoms with Crippen LogP contribution in [0.5, 0.6) is 0 Å². The summed E-state index contributed by atoms with van der Waals surface area (Å²) in [6.07, 6.45) is -0.607. The molecule has 46 heavy (non-hydrogen) atoms. The predicted octanol–water partition coefficient (Wildman–Crippen LogP) is 5.49. The number of aliphatic hydroxyl groups excluding tert-OH is 1. The zero-order chi connectivity index (χ0) is 32.2. The van der Waals surface area contributed by atoms with Crippen molar-refractivity contribution in [3.63, 3.8) is 0 Å². The van der Waals surface area contributed by atoms with Crippen LogP contribution in [-0.4, -0.2) is 44.7 Å². The second kappa shape index (κ2) is 14.0. The van der Waals surface area contributed by atoms with Gasteiger partial charge in [-0.1, -0.05) is 89.9 Å². The number of halogens is 2. The number of alkyl carbamates (subject to hydrolysis) is 1. The Balaban J connectivity index is 1.18. The molecule has 0 spiro atoms. The van der Waals surface area contributed by atoms with Crippen molar-refractivity contribution in [2.24, 2.45) is 0 Å². The van der Waals surface area contributed by atoms with Gasteiger partial charge < -0.3 is 29.2 Å². The van der Waals surface area contributed by atoms with Gasteiger partial charge in [-0.05, 0) is 28.8 Å². The maximum atomic E-state index is 13.3. The Morgan fingerprint density at radius 3 is 2.48 bits per heavy atom. The highest BCUT2D eigenvalue weighted by atomic mass is 35.5. The van der Waals surface area contributed by atoms with E-state index in [1.807, 2.05) is 54.6 Å². The van der Waals surface area contributed by atoms with Crippen molar-refractivity contribution in [1.29, 1.82) is 0 Å². The minimum Gasteiger partial charge on any atom is -0.445 e. The third kappa shape index (κ3) is 7.09. The van der Waals surface area contributed by atoms with Crippen LogP contribution in [0.3, 0.4) is 0 Å². The number of ether oxygens (including phenoxy) is 3. The van der Waals surface area contributed by atoms with Crippen molar-refractivity contribution in [1.82, 2.24) is 14.9 Å². The van der Waals surface area contributed by atoms with Gasteiger partial charge in [0.2, 0.25) is 5.91 Å². The number of nitrogens with one attached hydrogen (secondary N) is 1. The van der Waals surface area contributed by atoms with E-state index in [0.29, 0.717) is 24.2 Å². The number of imidazole rings is 1. The molecule has 3 amide bonds. The van der Waals surface area contributed by atoms with E-state index in [0.717, 1.165) is 21.6 Å². The summed E-state index contributed by atoms with van der Waals surface area (Å²) in [7, 11) is 0. The van der Waals surface area contributed by atoms with Gasteiger partial charge in [0.25, 0.3) is 5.91 Å². The van der Waals surface area contributed by atoms with Crippen LogP contribution in [0.2, 0.25) is 10.3 Å². The van der Waals surface area contributed by atoms with Gasteiger partial charge in [0.15, 0.2) is 11.4 Å². The first-order valence-electron chi connectivity index (χ1n) is 14.6. The molecule has 4 aromatic rings. The monoisotopic (exact) mass is 664 g/mol. The topological polar surface area (TPSA) is 132 Å². The molecule has 2 fully saturated rings. The third-order valence-corrected chi connectivity index (χ3v) is 8.57. The number of carbonyl (C=O) groups is 3. The molecule has 0 aliphatic carbocycles. The smallest absolute Gasteiger partial charge is 0.408 e. The van der Waals surface area contributed by atoms with Crippen LogP contribution < -0.4 is 10.2 Å². The summed E-state index contributed by atoms with van der Waals surface area (Å²) in [6, 6.07) is 22.3. The number of imide groups is 1. The second-order valence-electron chi connectivity index (χ2n) is 11.0. The van der Waals surface area contributed by atoms with E-state index in [9.17, 15) is 19.5 Å². The lowest BCUT2D eigenvalue weighted by molar-refractivity contribution is -0.252. The van der Waals surface area contributed by atoms with Crippen LogP contribution in [-0.2, 0) is 43.6 Å². The fourth-order valence-corrected chi connectivity index (χ4v) is 5.77. The molecule has 2 aliphatic heterocycles. The van der Waals surface area contributed by atoms with Crippen LogP contribution in [0, 0.1) is 0 Å². The van der Waals surface area contributed by atoms with Crippen LogP contribution in [0.1, 0.15) is 47.5 Å². The molecule has 0 radical (unpaired) electrons. The first-order valence-corrected chi connectivity index (χ1v) is 15.4.